The van der Waals surface area contributed by atoms with Crippen molar-refractivity contribution in [2.45, 2.75) is 0 Å². The molecule has 138 valence electrons. The number of rotatable bonds is 6. The van der Waals surface area contributed by atoms with Gasteiger partial charge in [0.2, 0.25) is 0 Å². The van der Waals surface area contributed by atoms with Crippen molar-refractivity contribution in [2.24, 2.45) is 5.10 Å². The van der Waals surface area contributed by atoms with Crippen LogP contribution in [0.5, 0.6) is 11.5 Å². The molecular weight excluding hydrogens is 351 g/mol. The second-order valence-electron chi connectivity index (χ2n) is 5.49. The summed E-state index contributed by atoms with van der Waals surface area (Å²) in [5, 5.41) is 10.6. The molecule has 2 aromatic carbocycles. The van der Waals surface area contributed by atoms with Crippen LogP contribution in [0.2, 0.25) is 0 Å². The molecule has 3 rings (SSSR count). The molecule has 1 heterocycles. The highest BCUT2D eigenvalue weighted by atomic mass is 19.1. The molecule has 0 unspecified atom stereocenters. The summed E-state index contributed by atoms with van der Waals surface area (Å²) in [6.07, 6.45) is 1.48. The monoisotopic (exact) mass is 368 g/mol. The molecule has 0 aliphatic rings. The van der Waals surface area contributed by atoms with Crippen LogP contribution in [-0.2, 0) is 0 Å². The van der Waals surface area contributed by atoms with Crippen molar-refractivity contribution in [3.63, 3.8) is 0 Å². The third-order valence-corrected chi connectivity index (χ3v) is 3.75. The second-order valence-corrected chi connectivity index (χ2v) is 5.49. The summed E-state index contributed by atoms with van der Waals surface area (Å²) in [6, 6.07) is 12.6. The lowest BCUT2D eigenvalue weighted by Crippen LogP contribution is -2.18. The van der Waals surface area contributed by atoms with Crippen molar-refractivity contribution in [2.75, 3.05) is 14.2 Å². The van der Waals surface area contributed by atoms with Gasteiger partial charge < -0.3 is 9.47 Å². The molecular formula is C19H17FN4O3. The Hall–Kier alpha value is -3.68. The quantitative estimate of drug-likeness (QED) is 0.517. The van der Waals surface area contributed by atoms with Crippen LogP contribution in [0.25, 0.3) is 11.3 Å². The Morgan fingerprint density at radius 1 is 1.11 bits per heavy atom. The van der Waals surface area contributed by atoms with E-state index in [1.165, 1.54) is 25.5 Å². The van der Waals surface area contributed by atoms with Gasteiger partial charge in [-0.15, -0.1) is 0 Å². The van der Waals surface area contributed by atoms with E-state index in [0.717, 1.165) is 5.56 Å². The van der Waals surface area contributed by atoms with Crippen molar-refractivity contribution in [3.05, 3.63) is 65.6 Å². The first-order valence-electron chi connectivity index (χ1n) is 7.97. The Labute approximate surface area is 154 Å². The number of halogens is 1. The molecule has 0 fully saturated rings. The third-order valence-electron chi connectivity index (χ3n) is 3.75. The van der Waals surface area contributed by atoms with E-state index in [0.29, 0.717) is 22.8 Å². The van der Waals surface area contributed by atoms with Gasteiger partial charge in [0, 0.05) is 5.56 Å². The van der Waals surface area contributed by atoms with Crippen LogP contribution in [0.3, 0.4) is 0 Å². The van der Waals surface area contributed by atoms with Crippen LogP contribution >= 0.6 is 0 Å². The Morgan fingerprint density at radius 2 is 1.85 bits per heavy atom. The Kier molecular flexibility index (Phi) is 5.46. The number of amides is 1. The van der Waals surface area contributed by atoms with E-state index in [-0.39, 0.29) is 11.5 Å². The predicted octanol–water partition coefficient (Wildman–Crippen LogP) is 3.00. The fourth-order valence-corrected chi connectivity index (χ4v) is 2.37. The summed E-state index contributed by atoms with van der Waals surface area (Å²) >= 11 is 0. The minimum atomic E-state index is -0.451. The van der Waals surface area contributed by atoms with Crippen molar-refractivity contribution < 1.29 is 18.7 Å². The maximum absolute atomic E-state index is 13.0. The molecule has 7 nitrogen and oxygen atoms in total. The molecule has 0 aliphatic carbocycles. The molecule has 3 aromatic rings. The largest absolute Gasteiger partial charge is 0.493 e. The van der Waals surface area contributed by atoms with E-state index in [9.17, 15) is 9.18 Å². The van der Waals surface area contributed by atoms with Gasteiger partial charge in [-0.2, -0.15) is 10.2 Å². The van der Waals surface area contributed by atoms with E-state index < -0.39 is 5.91 Å². The number of carbonyl (C=O) groups excluding carboxylic acids is 1. The molecule has 0 bridgehead atoms. The van der Waals surface area contributed by atoms with Gasteiger partial charge >= 0.3 is 0 Å². The van der Waals surface area contributed by atoms with Crippen LogP contribution in [-0.4, -0.2) is 36.5 Å². The predicted molar refractivity (Wildman–Crippen MR) is 98.6 cm³/mol. The number of hydrogen-bond donors (Lipinski definition) is 2. The number of ether oxygens (including phenoxy) is 2. The zero-order valence-corrected chi connectivity index (χ0v) is 14.7. The number of methoxy groups -OCH3 is 2. The number of carbonyl (C=O) groups is 1. The zero-order valence-electron chi connectivity index (χ0n) is 14.7. The van der Waals surface area contributed by atoms with Crippen molar-refractivity contribution in [3.8, 4) is 22.8 Å². The maximum atomic E-state index is 13.0. The molecule has 0 radical (unpaired) electrons. The van der Waals surface area contributed by atoms with Gasteiger partial charge in [-0.05, 0) is 54.1 Å². The molecule has 1 amide bonds. The fraction of sp³-hybridized carbons (Fsp3) is 0.105. The number of nitrogens with one attached hydrogen (secondary N) is 2. The first-order valence-corrected chi connectivity index (χ1v) is 7.97. The maximum Gasteiger partial charge on any atom is 0.289 e. The summed E-state index contributed by atoms with van der Waals surface area (Å²) in [6.45, 7) is 0. The molecule has 27 heavy (non-hydrogen) atoms. The third kappa shape index (κ3) is 4.30. The van der Waals surface area contributed by atoms with Crippen LogP contribution in [0.15, 0.2) is 53.6 Å². The molecule has 0 aliphatic heterocycles. The average Bonchev–Trinajstić information content (AvgIpc) is 3.18. The van der Waals surface area contributed by atoms with E-state index >= 15 is 0 Å². The number of H-pyrrole nitrogens is 1. The van der Waals surface area contributed by atoms with E-state index in [4.69, 9.17) is 9.47 Å². The van der Waals surface area contributed by atoms with Crippen LogP contribution in [0, 0.1) is 5.82 Å². The Balaban J connectivity index is 1.66. The molecule has 2 N–H and O–H groups in total. The van der Waals surface area contributed by atoms with Gasteiger partial charge in [0.1, 0.15) is 11.5 Å². The molecule has 0 atom stereocenters. The standard InChI is InChI=1S/C19H17FN4O3/c1-26-17-8-3-12(9-18(17)27-2)11-21-24-19(25)16-10-15(22-23-16)13-4-6-14(20)7-5-13/h3-11H,1-2H3,(H,22,23)(H,24,25). The Bertz CT molecular complexity index is 967. The number of hydrogen-bond acceptors (Lipinski definition) is 5. The normalized spacial score (nSPS) is 10.8. The molecule has 1 aromatic heterocycles. The Morgan fingerprint density at radius 3 is 2.56 bits per heavy atom. The first-order chi connectivity index (χ1) is 13.1. The zero-order chi connectivity index (χ0) is 19.2. The van der Waals surface area contributed by atoms with Crippen LogP contribution < -0.4 is 14.9 Å². The fourth-order valence-electron chi connectivity index (χ4n) is 2.37. The van der Waals surface area contributed by atoms with Crippen molar-refractivity contribution in [1.29, 1.82) is 0 Å². The van der Waals surface area contributed by atoms with Gasteiger partial charge in [-0.25, -0.2) is 9.82 Å². The van der Waals surface area contributed by atoms with E-state index in [1.54, 1.807) is 43.5 Å². The lowest BCUT2D eigenvalue weighted by Gasteiger charge is -2.07. The van der Waals surface area contributed by atoms with E-state index in [2.05, 4.69) is 20.7 Å². The first kappa shape index (κ1) is 18.1. The number of aromatic nitrogens is 2. The number of aromatic amines is 1. The summed E-state index contributed by atoms with van der Waals surface area (Å²) in [5.41, 5.74) is 4.60. The number of hydrazone groups is 1. The SMILES string of the molecule is COc1ccc(C=NNC(=O)c2cc(-c3ccc(F)cc3)n[nH]2)cc1OC. The lowest BCUT2D eigenvalue weighted by atomic mass is 10.1. The summed E-state index contributed by atoms with van der Waals surface area (Å²) in [4.78, 5) is 12.2. The minimum Gasteiger partial charge on any atom is -0.493 e. The smallest absolute Gasteiger partial charge is 0.289 e. The molecule has 0 saturated carbocycles. The van der Waals surface area contributed by atoms with Crippen molar-refractivity contribution in [1.82, 2.24) is 15.6 Å². The summed E-state index contributed by atoms with van der Waals surface area (Å²) in [5.74, 6) is 0.374. The number of benzene rings is 2. The average molecular weight is 368 g/mol. The highest BCUT2D eigenvalue weighted by Gasteiger charge is 2.10. The second kappa shape index (κ2) is 8.13. The highest BCUT2D eigenvalue weighted by molar-refractivity contribution is 5.94. The summed E-state index contributed by atoms with van der Waals surface area (Å²) < 4.78 is 23.4. The highest BCUT2D eigenvalue weighted by Crippen LogP contribution is 2.26. The van der Waals surface area contributed by atoms with Crippen molar-refractivity contribution >= 4 is 12.1 Å². The topological polar surface area (TPSA) is 88.6 Å². The van der Waals surface area contributed by atoms with Gasteiger partial charge in [0.25, 0.3) is 5.91 Å². The van der Waals surface area contributed by atoms with Gasteiger partial charge in [-0.3, -0.25) is 9.89 Å². The lowest BCUT2D eigenvalue weighted by molar-refractivity contribution is 0.0950. The van der Waals surface area contributed by atoms with E-state index in [1.807, 2.05) is 0 Å². The molecule has 0 spiro atoms. The minimum absolute atomic E-state index is 0.235. The number of nitrogens with zero attached hydrogens (tertiary/aromatic N) is 2. The van der Waals surface area contributed by atoms with Crippen LogP contribution in [0.1, 0.15) is 16.1 Å². The molecule has 0 saturated heterocycles. The molecule has 8 heteroatoms. The van der Waals surface area contributed by atoms with Gasteiger partial charge in [0.15, 0.2) is 11.5 Å². The van der Waals surface area contributed by atoms with Gasteiger partial charge in [0.05, 0.1) is 26.1 Å². The van der Waals surface area contributed by atoms with Gasteiger partial charge in [-0.1, -0.05) is 0 Å². The van der Waals surface area contributed by atoms with Crippen LogP contribution in [0.4, 0.5) is 4.39 Å². The summed E-state index contributed by atoms with van der Waals surface area (Å²) in [7, 11) is 3.09.